The topological polar surface area (TPSA) is 50.8 Å². The van der Waals surface area contributed by atoms with E-state index in [1.54, 1.807) is 18.2 Å². The minimum atomic E-state index is -0.123. The highest BCUT2D eigenvalue weighted by Crippen LogP contribution is 2.31. The van der Waals surface area contributed by atoms with Crippen LogP contribution < -0.4 is 14.8 Å². The monoisotopic (exact) mass is 378 g/mol. The molecule has 0 saturated heterocycles. The second kappa shape index (κ2) is 7.47. The van der Waals surface area contributed by atoms with Crippen molar-refractivity contribution in [3.8, 4) is 11.5 Å². The normalized spacial score (nSPS) is 19.3. The van der Waals surface area contributed by atoms with E-state index in [0.717, 1.165) is 37.7 Å². The Bertz CT molecular complexity index is 891. The fourth-order valence-corrected chi connectivity index (χ4v) is 4.33. The molecule has 5 nitrogen and oxygen atoms in total. The Morgan fingerprint density at radius 2 is 1.71 bits per heavy atom. The average Bonchev–Trinajstić information content (AvgIpc) is 2.89. The first-order valence-corrected chi connectivity index (χ1v) is 10.3. The first-order chi connectivity index (χ1) is 13.8. The second-order valence-corrected chi connectivity index (χ2v) is 7.92. The van der Waals surface area contributed by atoms with Crippen molar-refractivity contribution in [1.29, 1.82) is 0 Å². The van der Waals surface area contributed by atoms with Crippen molar-refractivity contribution in [1.82, 2.24) is 4.90 Å². The summed E-state index contributed by atoms with van der Waals surface area (Å²) in [5.74, 6) is 1.21. The first kappa shape index (κ1) is 17.6. The van der Waals surface area contributed by atoms with Gasteiger partial charge in [-0.1, -0.05) is 12.5 Å². The fraction of sp³-hybridized carbons (Fsp3) is 0.435. The van der Waals surface area contributed by atoms with Crippen LogP contribution in [0.4, 0.5) is 5.69 Å². The quantitative estimate of drug-likeness (QED) is 0.886. The lowest BCUT2D eigenvalue weighted by Crippen LogP contribution is -2.41. The molecule has 5 rings (SSSR count). The van der Waals surface area contributed by atoms with Gasteiger partial charge in [0.25, 0.3) is 5.91 Å². The van der Waals surface area contributed by atoms with Gasteiger partial charge in [-0.2, -0.15) is 0 Å². The molecule has 0 bridgehead atoms. The number of anilines is 1. The molecule has 28 heavy (non-hydrogen) atoms. The standard InChI is InChI=1S/C23H26N2O3/c26-23(18-5-7-21-22(15-18)28-13-12-27-21)24-19-6-4-16-8-10-25(20-2-1-3-20)11-9-17(16)14-19/h4-7,14-15,20H,1-3,8-13H2,(H,24,26). The van der Waals surface area contributed by atoms with Crippen LogP contribution in [0, 0.1) is 0 Å². The molecule has 146 valence electrons. The van der Waals surface area contributed by atoms with Crippen LogP contribution in [0.25, 0.3) is 0 Å². The van der Waals surface area contributed by atoms with Crippen molar-refractivity contribution in [2.45, 2.75) is 38.1 Å². The molecule has 1 aliphatic carbocycles. The Morgan fingerprint density at radius 3 is 2.50 bits per heavy atom. The Kier molecular flexibility index (Phi) is 4.69. The molecule has 0 aromatic heterocycles. The van der Waals surface area contributed by atoms with Gasteiger partial charge in [0.05, 0.1) is 0 Å². The number of ether oxygens (including phenoxy) is 2. The number of rotatable bonds is 3. The molecule has 0 spiro atoms. The van der Waals surface area contributed by atoms with Gasteiger partial charge in [-0.3, -0.25) is 9.69 Å². The Morgan fingerprint density at radius 1 is 0.929 bits per heavy atom. The number of carbonyl (C=O) groups is 1. The van der Waals surface area contributed by atoms with Crippen LogP contribution >= 0.6 is 0 Å². The van der Waals surface area contributed by atoms with Crippen LogP contribution in [0.15, 0.2) is 36.4 Å². The Balaban J connectivity index is 1.28. The van der Waals surface area contributed by atoms with Crippen LogP contribution in [-0.4, -0.2) is 43.2 Å². The summed E-state index contributed by atoms with van der Waals surface area (Å²) in [5, 5.41) is 3.04. The maximum atomic E-state index is 12.7. The molecule has 1 N–H and O–H groups in total. The van der Waals surface area contributed by atoms with Gasteiger partial charge in [-0.15, -0.1) is 0 Å². The molecule has 2 aromatic carbocycles. The smallest absolute Gasteiger partial charge is 0.255 e. The van der Waals surface area contributed by atoms with Crippen LogP contribution in [0.1, 0.15) is 40.7 Å². The Labute approximate surface area is 165 Å². The number of fused-ring (bicyclic) bond motifs is 2. The fourth-order valence-electron chi connectivity index (χ4n) is 4.33. The summed E-state index contributed by atoms with van der Waals surface area (Å²) < 4.78 is 11.1. The van der Waals surface area contributed by atoms with Crippen molar-refractivity contribution in [2.24, 2.45) is 0 Å². The Hall–Kier alpha value is -2.53. The lowest BCUT2D eigenvalue weighted by molar-refractivity contribution is 0.102. The van der Waals surface area contributed by atoms with Crippen molar-refractivity contribution >= 4 is 11.6 Å². The summed E-state index contributed by atoms with van der Waals surface area (Å²) in [4.78, 5) is 15.4. The highest BCUT2D eigenvalue weighted by molar-refractivity contribution is 6.04. The van der Waals surface area contributed by atoms with Crippen LogP contribution in [0.3, 0.4) is 0 Å². The van der Waals surface area contributed by atoms with E-state index in [-0.39, 0.29) is 5.91 Å². The van der Waals surface area contributed by atoms with E-state index in [1.165, 1.54) is 30.4 Å². The molecule has 1 amide bonds. The van der Waals surface area contributed by atoms with Gasteiger partial charge in [0.15, 0.2) is 11.5 Å². The summed E-state index contributed by atoms with van der Waals surface area (Å²) in [6, 6.07) is 12.5. The number of nitrogens with one attached hydrogen (secondary N) is 1. The third kappa shape index (κ3) is 3.47. The van der Waals surface area contributed by atoms with E-state index in [1.807, 2.05) is 6.07 Å². The minimum Gasteiger partial charge on any atom is -0.486 e. The zero-order valence-corrected chi connectivity index (χ0v) is 16.1. The predicted octanol–water partition coefficient (Wildman–Crippen LogP) is 3.66. The molecule has 2 aliphatic heterocycles. The van der Waals surface area contributed by atoms with Crippen LogP contribution in [0.2, 0.25) is 0 Å². The number of hydrogen-bond acceptors (Lipinski definition) is 4. The first-order valence-electron chi connectivity index (χ1n) is 10.3. The maximum Gasteiger partial charge on any atom is 0.255 e. The van der Waals surface area contributed by atoms with Gasteiger partial charge in [0, 0.05) is 30.4 Å². The predicted molar refractivity (Wildman–Crippen MR) is 108 cm³/mol. The maximum absolute atomic E-state index is 12.7. The second-order valence-electron chi connectivity index (χ2n) is 7.92. The molecule has 5 heteroatoms. The molecule has 1 fully saturated rings. The number of benzene rings is 2. The molecule has 0 unspecified atom stereocenters. The van der Waals surface area contributed by atoms with Gasteiger partial charge < -0.3 is 14.8 Å². The van der Waals surface area contributed by atoms with Gasteiger partial charge in [0.2, 0.25) is 0 Å². The summed E-state index contributed by atoms with van der Waals surface area (Å²) in [6.07, 6.45) is 6.24. The highest BCUT2D eigenvalue weighted by Gasteiger charge is 2.26. The van der Waals surface area contributed by atoms with Gasteiger partial charge >= 0.3 is 0 Å². The molecule has 1 saturated carbocycles. The highest BCUT2D eigenvalue weighted by atomic mass is 16.6. The average molecular weight is 378 g/mol. The lowest BCUT2D eigenvalue weighted by Gasteiger charge is -2.36. The lowest BCUT2D eigenvalue weighted by atomic mass is 9.91. The van der Waals surface area contributed by atoms with Crippen molar-refractivity contribution < 1.29 is 14.3 Å². The van der Waals surface area contributed by atoms with Crippen molar-refractivity contribution in [2.75, 3.05) is 31.6 Å². The third-order valence-corrected chi connectivity index (χ3v) is 6.20. The van der Waals surface area contributed by atoms with Gasteiger partial charge in [-0.05, 0) is 67.1 Å². The molecule has 3 aliphatic rings. The molecule has 0 atom stereocenters. The van der Waals surface area contributed by atoms with Crippen LogP contribution in [0.5, 0.6) is 11.5 Å². The van der Waals surface area contributed by atoms with E-state index in [2.05, 4.69) is 22.3 Å². The summed E-state index contributed by atoms with van der Waals surface area (Å²) in [5.41, 5.74) is 4.21. The van der Waals surface area contributed by atoms with E-state index in [0.29, 0.717) is 30.3 Å². The van der Waals surface area contributed by atoms with E-state index < -0.39 is 0 Å². The summed E-state index contributed by atoms with van der Waals surface area (Å²) in [6.45, 7) is 3.34. The van der Waals surface area contributed by atoms with E-state index in [9.17, 15) is 4.79 Å². The number of carbonyl (C=O) groups excluding carboxylic acids is 1. The number of nitrogens with zero attached hydrogens (tertiary/aromatic N) is 1. The molecular weight excluding hydrogens is 352 g/mol. The SMILES string of the molecule is O=C(Nc1ccc2c(c1)CCN(C1CCC1)CC2)c1ccc2c(c1)OCCO2. The van der Waals surface area contributed by atoms with Crippen molar-refractivity contribution in [3.63, 3.8) is 0 Å². The summed E-state index contributed by atoms with van der Waals surface area (Å²) in [7, 11) is 0. The summed E-state index contributed by atoms with van der Waals surface area (Å²) >= 11 is 0. The van der Waals surface area contributed by atoms with Crippen LogP contribution in [-0.2, 0) is 12.8 Å². The van der Waals surface area contributed by atoms with E-state index >= 15 is 0 Å². The number of amides is 1. The third-order valence-electron chi connectivity index (χ3n) is 6.20. The zero-order valence-electron chi connectivity index (χ0n) is 16.1. The minimum absolute atomic E-state index is 0.123. The van der Waals surface area contributed by atoms with Gasteiger partial charge in [-0.25, -0.2) is 0 Å². The largest absolute Gasteiger partial charge is 0.486 e. The number of hydrogen-bond donors (Lipinski definition) is 1. The molecule has 0 radical (unpaired) electrons. The van der Waals surface area contributed by atoms with Gasteiger partial charge in [0.1, 0.15) is 13.2 Å². The van der Waals surface area contributed by atoms with E-state index in [4.69, 9.17) is 9.47 Å². The van der Waals surface area contributed by atoms with Crippen molar-refractivity contribution in [3.05, 3.63) is 53.1 Å². The molecule has 2 aromatic rings. The molecular formula is C23H26N2O3. The molecule has 2 heterocycles. The zero-order chi connectivity index (χ0) is 18.9.